The maximum atomic E-state index is 2.55. The molecule has 8 aromatic rings. The first-order chi connectivity index (χ1) is 28.4. The van der Waals surface area contributed by atoms with Crippen molar-refractivity contribution in [1.29, 1.82) is 0 Å². The normalized spacial score (nSPS) is 17.2. The van der Waals surface area contributed by atoms with Crippen LogP contribution < -0.4 is 0 Å². The van der Waals surface area contributed by atoms with Crippen LogP contribution in [0.2, 0.25) is 0 Å². The zero-order valence-electron chi connectivity index (χ0n) is 33.8. The first-order valence-corrected chi connectivity index (χ1v) is 20.9. The molecule has 1 unspecified atom stereocenters. The lowest BCUT2D eigenvalue weighted by Gasteiger charge is -2.34. The number of hydrogen-bond acceptors (Lipinski definition) is 0. The molecule has 1 nitrogen and oxygen atoms in total. The minimum absolute atomic E-state index is 0.109. The number of aromatic nitrogens is 1. The number of para-hydroxylation sites is 1. The fraction of sp³-hybridized carbons (Fsp3) is 0.158. The summed E-state index contributed by atoms with van der Waals surface area (Å²) in [4.78, 5) is 0. The highest BCUT2D eigenvalue weighted by Crippen LogP contribution is 2.58. The molecule has 0 aliphatic heterocycles. The summed E-state index contributed by atoms with van der Waals surface area (Å²) in [5.41, 5.74) is 21.0. The maximum absolute atomic E-state index is 2.55. The number of fused-ring (bicyclic) bond motifs is 9. The summed E-state index contributed by atoms with van der Waals surface area (Å²) in [6.07, 6.45) is 11.3. The van der Waals surface area contributed by atoms with E-state index in [1.54, 1.807) is 0 Å². The van der Waals surface area contributed by atoms with Crippen molar-refractivity contribution in [3.63, 3.8) is 0 Å². The number of rotatable bonds is 6. The Bertz CT molecular complexity index is 3000. The molecule has 1 aromatic heterocycles. The second-order valence-corrected chi connectivity index (χ2v) is 17.3. The lowest BCUT2D eigenvalue weighted by molar-refractivity contribution is 0.406. The molecule has 1 heterocycles. The summed E-state index contributed by atoms with van der Waals surface area (Å²) >= 11 is 0. The summed E-state index contributed by atoms with van der Waals surface area (Å²) in [7, 11) is 0. The second kappa shape index (κ2) is 13.0. The van der Waals surface area contributed by atoms with Crippen LogP contribution in [0.4, 0.5) is 0 Å². The van der Waals surface area contributed by atoms with Crippen molar-refractivity contribution >= 4 is 33.5 Å². The number of nitrogens with zero attached hydrogens (tertiary/aromatic N) is 1. The van der Waals surface area contributed by atoms with E-state index in [-0.39, 0.29) is 5.41 Å². The average molecular weight is 746 g/mol. The van der Waals surface area contributed by atoms with E-state index < -0.39 is 5.41 Å². The zero-order chi connectivity index (χ0) is 39.2. The Labute approximate surface area is 342 Å². The SMILES string of the molecule is C/C=C\c1ccc2c3ccccc3n(-c3ccc4c(c3)C(c3ccccc3)(c3ccccc3)c3cc(CC5=CC=C6c7ccccc7C(C)(C)C6C5)ccc3-4)c2c1C. The van der Waals surface area contributed by atoms with Crippen molar-refractivity contribution in [2.45, 2.75) is 51.4 Å². The molecule has 0 saturated carbocycles. The predicted octanol–water partition coefficient (Wildman–Crippen LogP) is 14.4. The smallest absolute Gasteiger partial charge is 0.0714 e. The van der Waals surface area contributed by atoms with Gasteiger partial charge in [0.2, 0.25) is 0 Å². The Morgan fingerprint density at radius 2 is 1.29 bits per heavy atom. The van der Waals surface area contributed by atoms with Crippen LogP contribution in [0.5, 0.6) is 0 Å². The van der Waals surface area contributed by atoms with Crippen LogP contribution in [0.1, 0.15) is 77.3 Å². The van der Waals surface area contributed by atoms with Gasteiger partial charge in [-0.2, -0.15) is 0 Å². The fourth-order valence-electron chi connectivity index (χ4n) is 11.2. The summed E-state index contributed by atoms with van der Waals surface area (Å²) in [6.45, 7) is 9.26. The van der Waals surface area contributed by atoms with Crippen LogP contribution in [-0.2, 0) is 17.3 Å². The third-order valence-corrected chi connectivity index (χ3v) is 13.9. The number of benzene rings is 7. The van der Waals surface area contributed by atoms with Gasteiger partial charge in [-0.3, -0.25) is 0 Å². The molecule has 1 atom stereocenters. The van der Waals surface area contributed by atoms with Gasteiger partial charge in [0, 0.05) is 16.5 Å². The Morgan fingerprint density at radius 3 is 2.05 bits per heavy atom. The van der Waals surface area contributed by atoms with Crippen LogP contribution in [0.15, 0.2) is 182 Å². The molecule has 0 fully saturated rings. The van der Waals surface area contributed by atoms with E-state index in [0.29, 0.717) is 5.92 Å². The highest BCUT2D eigenvalue weighted by Gasteiger charge is 2.47. The summed E-state index contributed by atoms with van der Waals surface area (Å²) in [6, 6.07) is 59.7. The summed E-state index contributed by atoms with van der Waals surface area (Å²) in [5, 5.41) is 2.57. The second-order valence-electron chi connectivity index (χ2n) is 17.3. The molecule has 58 heavy (non-hydrogen) atoms. The predicted molar refractivity (Wildman–Crippen MR) is 245 cm³/mol. The molecule has 0 N–H and O–H groups in total. The van der Waals surface area contributed by atoms with Crippen molar-refractivity contribution in [3.8, 4) is 16.8 Å². The van der Waals surface area contributed by atoms with Gasteiger partial charge in [-0.25, -0.2) is 0 Å². The molecule has 7 aromatic carbocycles. The highest BCUT2D eigenvalue weighted by atomic mass is 15.0. The van der Waals surface area contributed by atoms with E-state index >= 15 is 0 Å². The first-order valence-electron chi connectivity index (χ1n) is 20.9. The van der Waals surface area contributed by atoms with Crippen molar-refractivity contribution in [2.75, 3.05) is 0 Å². The number of hydrogen-bond donors (Lipinski definition) is 0. The molecule has 0 bridgehead atoms. The van der Waals surface area contributed by atoms with Crippen LogP contribution >= 0.6 is 0 Å². The van der Waals surface area contributed by atoms with Crippen LogP contribution in [0.3, 0.4) is 0 Å². The van der Waals surface area contributed by atoms with Crippen molar-refractivity contribution in [3.05, 3.63) is 232 Å². The molecular weight excluding hydrogens is 699 g/mol. The van der Waals surface area contributed by atoms with Gasteiger partial charge in [-0.1, -0.05) is 183 Å². The molecule has 3 aliphatic rings. The van der Waals surface area contributed by atoms with E-state index in [9.17, 15) is 0 Å². The van der Waals surface area contributed by atoms with Crippen molar-refractivity contribution < 1.29 is 0 Å². The Hall–Kier alpha value is -6.44. The Balaban J connectivity index is 1.11. The molecule has 0 saturated heterocycles. The van der Waals surface area contributed by atoms with Gasteiger partial charge in [0.1, 0.15) is 0 Å². The topological polar surface area (TPSA) is 4.93 Å². The molecule has 280 valence electrons. The molecule has 0 spiro atoms. The third-order valence-electron chi connectivity index (χ3n) is 13.9. The largest absolute Gasteiger partial charge is 0.309 e. The van der Waals surface area contributed by atoms with E-state index in [4.69, 9.17) is 0 Å². The first kappa shape index (κ1) is 34.8. The Morgan fingerprint density at radius 1 is 0.621 bits per heavy atom. The van der Waals surface area contributed by atoms with Crippen molar-refractivity contribution in [1.82, 2.24) is 4.57 Å². The monoisotopic (exact) mass is 745 g/mol. The van der Waals surface area contributed by atoms with Gasteiger partial charge in [-0.15, -0.1) is 0 Å². The maximum Gasteiger partial charge on any atom is 0.0714 e. The minimum Gasteiger partial charge on any atom is -0.309 e. The molecule has 0 radical (unpaired) electrons. The average Bonchev–Trinajstić information content (AvgIpc) is 3.84. The van der Waals surface area contributed by atoms with Gasteiger partial charge in [0.15, 0.2) is 0 Å². The van der Waals surface area contributed by atoms with Crippen LogP contribution in [0, 0.1) is 12.8 Å². The molecule has 0 amide bonds. The Kier molecular flexibility index (Phi) is 7.82. The quantitative estimate of drug-likeness (QED) is 0.160. The summed E-state index contributed by atoms with van der Waals surface area (Å²) < 4.78 is 2.52. The van der Waals surface area contributed by atoms with Gasteiger partial charge in [-0.05, 0) is 123 Å². The molecule has 11 rings (SSSR count). The van der Waals surface area contributed by atoms with Crippen LogP contribution in [0.25, 0.3) is 50.3 Å². The van der Waals surface area contributed by atoms with E-state index in [1.807, 2.05) is 0 Å². The highest BCUT2D eigenvalue weighted by molar-refractivity contribution is 6.11. The molecule has 3 aliphatic carbocycles. The number of aryl methyl sites for hydroxylation is 1. The van der Waals surface area contributed by atoms with Gasteiger partial charge in [0.05, 0.1) is 16.4 Å². The van der Waals surface area contributed by atoms with E-state index in [2.05, 4.69) is 214 Å². The van der Waals surface area contributed by atoms with Gasteiger partial charge < -0.3 is 4.57 Å². The zero-order valence-corrected chi connectivity index (χ0v) is 33.8. The molecular formula is C57H47N. The van der Waals surface area contributed by atoms with Crippen LogP contribution in [-0.4, -0.2) is 4.57 Å². The van der Waals surface area contributed by atoms with Gasteiger partial charge >= 0.3 is 0 Å². The van der Waals surface area contributed by atoms with E-state index in [1.165, 1.54) is 99.8 Å². The minimum atomic E-state index is -0.508. The fourth-order valence-corrected chi connectivity index (χ4v) is 11.2. The van der Waals surface area contributed by atoms with Crippen molar-refractivity contribution in [2.24, 2.45) is 5.92 Å². The number of allylic oxidation sites excluding steroid dienone is 5. The lowest BCUT2D eigenvalue weighted by atomic mass is 9.67. The lowest BCUT2D eigenvalue weighted by Crippen LogP contribution is -2.29. The third kappa shape index (κ3) is 4.89. The summed E-state index contributed by atoms with van der Waals surface area (Å²) in [5.74, 6) is 0.494. The standard InChI is InChI=1S/C57H47N/c1-5-16-40-27-31-49-48-22-13-15-24-54(48)58(55(49)37(40)2)43-28-32-47-46-30-26-39(33-38-25-29-45-44-21-12-14-23-50(44)56(3,4)51(45)34-38)35-52(46)57(53(47)36-43,41-17-8-6-9-18-41)42-19-10-7-11-20-42/h5-32,35-36,51H,33-34H2,1-4H3/b16-5-. The molecule has 1 heteroatoms. The van der Waals surface area contributed by atoms with Gasteiger partial charge in [0.25, 0.3) is 0 Å². The van der Waals surface area contributed by atoms with E-state index in [0.717, 1.165) is 12.8 Å².